The van der Waals surface area contributed by atoms with Crippen LogP contribution in [0.3, 0.4) is 0 Å². The van der Waals surface area contributed by atoms with Gasteiger partial charge in [0.05, 0.1) is 0 Å². The van der Waals surface area contributed by atoms with Crippen molar-refractivity contribution in [2.45, 2.75) is 35.8 Å². The third-order valence-corrected chi connectivity index (χ3v) is 7.28. The van der Waals surface area contributed by atoms with E-state index in [1.807, 2.05) is 18.2 Å². The molecule has 0 radical (unpaired) electrons. The molecule has 4 aromatic rings. The third-order valence-electron chi connectivity index (χ3n) is 5.26. The molecule has 1 amide bonds. The Hall–Kier alpha value is -2.91. The Labute approximate surface area is 192 Å². The van der Waals surface area contributed by atoms with Crippen molar-refractivity contribution in [3.8, 4) is 5.75 Å². The molecule has 0 aliphatic heterocycles. The minimum atomic E-state index is -0.318. The number of nitrogens with one attached hydrogen (secondary N) is 1. The number of carbonyl (C=O) groups excluding carboxylic acids is 1. The molecule has 0 atom stereocenters. The SMILES string of the molecule is O=C(COc1ccc2oc3c(c2c1)CCCC3)Nc1nnc(SCc2ccccc2F)s1. The normalized spacial score (nSPS) is 13.2. The van der Waals surface area contributed by atoms with Crippen molar-refractivity contribution in [3.63, 3.8) is 0 Å². The number of ether oxygens (including phenoxy) is 1. The summed E-state index contributed by atoms with van der Waals surface area (Å²) in [5, 5.41) is 12.2. The Morgan fingerprint density at radius 3 is 2.97 bits per heavy atom. The van der Waals surface area contributed by atoms with Crippen molar-refractivity contribution in [2.75, 3.05) is 11.9 Å². The molecular formula is C23H20FN3O3S2. The number of nitrogens with zero attached hydrogens (tertiary/aromatic N) is 2. The van der Waals surface area contributed by atoms with E-state index >= 15 is 0 Å². The first-order chi connectivity index (χ1) is 15.7. The van der Waals surface area contributed by atoms with Gasteiger partial charge in [0, 0.05) is 23.1 Å². The van der Waals surface area contributed by atoms with Crippen LogP contribution in [0.4, 0.5) is 9.52 Å². The Morgan fingerprint density at radius 2 is 2.06 bits per heavy atom. The quantitative estimate of drug-likeness (QED) is 0.280. The van der Waals surface area contributed by atoms with Crippen molar-refractivity contribution in [1.29, 1.82) is 0 Å². The van der Waals surface area contributed by atoms with Gasteiger partial charge in [0.1, 0.15) is 22.9 Å². The zero-order valence-corrected chi connectivity index (χ0v) is 18.7. The van der Waals surface area contributed by atoms with Gasteiger partial charge in [-0.25, -0.2) is 4.39 Å². The fraction of sp³-hybridized carbons (Fsp3) is 0.261. The number of carbonyl (C=O) groups is 1. The molecule has 164 valence electrons. The highest BCUT2D eigenvalue weighted by Crippen LogP contribution is 2.34. The summed E-state index contributed by atoms with van der Waals surface area (Å²) < 4.78 is 26.0. The summed E-state index contributed by atoms with van der Waals surface area (Å²) in [4.78, 5) is 12.3. The van der Waals surface area contributed by atoms with Crippen molar-refractivity contribution < 1.29 is 18.3 Å². The molecule has 1 aliphatic rings. The van der Waals surface area contributed by atoms with Crippen LogP contribution < -0.4 is 10.1 Å². The fourth-order valence-electron chi connectivity index (χ4n) is 3.71. The van der Waals surface area contributed by atoms with Crippen molar-refractivity contribution in [1.82, 2.24) is 10.2 Å². The molecule has 1 N–H and O–H groups in total. The van der Waals surface area contributed by atoms with Gasteiger partial charge >= 0.3 is 0 Å². The summed E-state index contributed by atoms with van der Waals surface area (Å²) in [5.41, 5.74) is 2.72. The third kappa shape index (κ3) is 4.63. The van der Waals surface area contributed by atoms with Gasteiger partial charge in [0.15, 0.2) is 10.9 Å². The highest BCUT2D eigenvalue weighted by Gasteiger charge is 2.18. The predicted octanol–water partition coefficient (Wildman–Crippen LogP) is 5.61. The first kappa shape index (κ1) is 21.0. The maximum atomic E-state index is 13.7. The predicted molar refractivity (Wildman–Crippen MR) is 123 cm³/mol. The van der Waals surface area contributed by atoms with E-state index in [1.165, 1.54) is 34.7 Å². The van der Waals surface area contributed by atoms with Crippen molar-refractivity contribution in [3.05, 3.63) is 65.2 Å². The number of rotatable bonds is 7. The molecule has 0 saturated carbocycles. The minimum Gasteiger partial charge on any atom is -0.484 e. The van der Waals surface area contributed by atoms with E-state index in [0.717, 1.165) is 42.4 Å². The Morgan fingerprint density at radius 1 is 1.19 bits per heavy atom. The Kier molecular flexibility index (Phi) is 6.09. The summed E-state index contributed by atoms with van der Waals surface area (Å²) in [6, 6.07) is 12.3. The second-order valence-corrected chi connectivity index (χ2v) is 9.66. The zero-order chi connectivity index (χ0) is 21.9. The molecule has 0 saturated heterocycles. The van der Waals surface area contributed by atoms with E-state index < -0.39 is 0 Å². The van der Waals surface area contributed by atoms with Crippen LogP contribution >= 0.6 is 23.1 Å². The van der Waals surface area contributed by atoms with Crippen LogP contribution in [0.2, 0.25) is 0 Å². The number of aryl methyl sites for hydroxylation is 2. The van der Waals surface area contributed by atoms with Crippen LogP contribution in [0.25, 0.3) is 11.0 Å². The summed E-state index contributed by atoms with van der Waals surface area (Å²) in [5.74, 6) is 1.57. The average Bonchev–Trinajstić information content (AvgIpc) is 3.41. The zero-order valence-electron chi connectivity index (χ0n) is 17.1. The van der Waals surface area contributed by atoms with E-state index in [2.05, 4.69) is 15.5 Å². The smallest absolute Gasteiger partial charge is 0.264 e. The lowest BCUT2D eigenvalue weighted by atomic mass is 9.96. The largest absolute Gasteiger partial charge is 0.484 e. The molecule has 1 aliphatic carbocycles. The first-order valence-electron chi connectivity index (χ1n) is 10.3. The van der Waals surface area contributed by atoms with Gasteiger partial charge in [-0.2, -0.15) is 0 Å². The number of benzene rings is 2. The van der Waals surface area contributed by atoms with Crippen LogP contribution in [0.5, 0.6) is 5.75 Å². The maximum absolute atomic E-state index is 13.7. The molecule has 5 rings (SSSR count). The number of thioether (sulfide) groups is 1. The Balaban J connectivity index is 1.16. The summed E-state index contributed by atoms with van der Waals surface area (Å²) in [6.07, 6.45) is 4.31. The molecule has 32 heavy (non-hydrogen) atoms. The lowest BCUT2D eigenvalue weighted by Crippen LogP contribution is -2.20. The lowest BCUT2D eigenvalue weighted by Gasteiger charge is -2.09. The van der Waals surface area contributed by atoms with Gasteiger partial charge in [-0.05, 0) is 49.1 Å². The lowest BCUT2D eigenvalue weighted by molar-refractivity contribution is -0.118. The number of aromatic nitrogens is 2. The van der Waals surface area contributed by atoms with Crippen LogP contribution in [0, 0.1) is 5.82 Å². The van der Waals surface area contributed by atoms with Crippen LogP contribution in [-0.4, -0.2) is 22.7 Å². The van der Waals surface area contributed by atoms with E-state index in [0.29, 0.717) is 26.5 Å². The molecule has 2 aromatic carbocycles. The number of anilines is 1. The standard InChI is InChI=1S/C23H20FN3O3S2/c24-18-7-3-1-5-14(18)13-31-23-27-26-22(32-23)25-21(28)12-29-15-9-10-20-17(11-15)16-6-2-4-8-19(16)30-20/h1,3,5,7,9-11H,2,4,6,8,12-13H2,(H,25,26,28). The van der Waals surface area contributed by atoms with Crippen LogP contribution in [0.1, 0.15) is 29.7 Å². The Bertz CT molecular complexity index is 1270. The molecular weight excluding hydrogens is 449 g/mol. The van der Waals surface area contributed by atoms with E-state index in [1.54, 1.807) is 18.2 Å². The number of hydrogen-bond acceptors (Lipinski definition) is 7. The molecule has 0 unspecified atom stereocenters. The van der Waals surface area contributed by atoms with Crippen LogP contribution in [-0.2, 0) is 23.4 Å². The summed E-state index contributed by atoms with van der Waals surface area (Å²) >= 11 is 2.62. The van der Waals surface area contributed by atoms with Gasteiger partial charge in [-0.1, -0.05) is 41.3 Å². The fourth-order valence-corrected chi connectivity index (χ4v) is 5.46. The highest BCUT2D eigenvalue weighted by molar-refractivity contribution is 8.00. The van der Waals surface area contributed by atoms with Crippen molar-refractivity contribution >= 4 is 45.1 Å². The number of fused-ring (bicyclic) bond motifs is 3. The molecule has 2 heterocycles. The van der Waals surface area contributed by atoms with Gasteiger partial charge in [-0.15, -0.1) is 10.2 Å². The van der Waals surface area contributed by atoms with E-state index in [9.17, 15) is 9.18 Å². The van der Waals surface area contributed by atoms with Crippen molar-refractivity contribution in [2.24, 2.45) is 0 Å². The molecule has 6 nitrogen and oxygen atoms in total. The number of furan rings is 1. The van der Waals surface area contributed by atoms with E-state index in [-0.39, 0.29) is 18.3 Å². The number of halogens is 1. The van der Waals surface area contributed by atoms with Crippen LogP contribution in [0.15, 0.2) is 51.2 Å². The average molecular weight is 470 g/mol. The van der Waals surface area contributed by atoms with Gasteiger partial charge in [0.2, 0.25) is 5.13 Å². The van der Waals surface area contributed by atoms with E-state index in [4.69, 9.17) is 9.15 Å². The molecule has 2 aromatic heterocycles. The van der Waals surface area contributed by atoms with Gasteiger partial charge in [0.25, 0.3) is 5.91 Å². The van der Waals surface area contributed by atoms with Gasteiger partial charge in [-0.3, -0.25) is 10.1 Å². The topological polar surface area (TPSA) is 77.2 Å². The molecule has 0 spiro atoms. The monoisotopic (exact) mass is 469 g/mol. The maximum Gasteiger partial charge on any atom is 0.264 e. The molecule has 0 fully saturated rings. The second kappa shape index (κ2) is 9.30. The summed E-state index contributed by atoms with van der Waals surface area (Å²) in [7, 11) is 0. The molecule has 0 bridgehead atoms. The number of hydrogen-bond donors (Lipinski definition) is 1. The highest BCUT2D eigenvalue weighted by atomic mass is 32.2. The minimum absolute atomic E-state index is 0.136. The molecule has 9 heteroatoms. The van der Waals surface area contributed by atoms with Gasteiger partial charge < -0.3 is 9.15 Å². The first-order valence-corrected chi connectivity index (χ1v) is 12.1. The summed E-state index contributed by atoms with van der Waals surface area (Å²) in [6.45, 7) is -0.136. The second-order valence-electron chi connectivity index (χ2n) is 7.46. The number of amides is 1.